The smallest absolute Gasteiger partial charge is 0.374 e. The van der Waals surface area contributed by atoms with Gasteiger partial charge in [0.05, 0.1) is 10.9 Å². The van der Waals surface area contributed by atoms with E-state index in [1.807, 2.05) is 49.6 Å². The molecule has 0 saturated carbocycles. The van der Waals surface area contributed by atoms with Gasteiger partial charge in [0.2, 0.25) is 11.8 Å². The number of rotatable bonds is 9. The van der Waals surface area contributed by atoms with Crippen LogP contribution in [0.3, 0.4) is 0 Å². The predicted molar refractivity (Wildman–Crippen MR) is 127 cm³/mol. The molecule has 1 heterocycles. The van der Waals surface area contributed by atoms with Crippen molar-refractivity contribution >= 4 is 41.0 Å². The molecule has 1 aliphatic rings. The third-order valence-electron chi connectivity index (χ3n) is 5.25. The number of carboxylic acids is 1. The fraction of sp³-hybridized carbons (Fsp3) is 0.280. The number of nitrogens with one attached hydrogen (secondary N) is 1. The van der Waals surface area contributed by atoms with Crippen LogP contribution in [0.25, 0.3) is 5.70 Å². The molecule has 8 heteroatoms. The fourth-order valence-corrected chi connectivity index (χ4v) is 4.66. The maximum atomic E-state index is 13.2. The van der Waals surface area contributed by atoms with Crippen LogP contribution in [0.1, 0.15) is 25.0 Å². The lowest BCUT2D eigenvalue weighted by molar-refractivity contribution is -0.150. The topological polar surface area (TPSA) is 104 Å². The van der Waals surface area contributed by atoms with Crippen molar-refractivity contribution in [3.63, 3.8) is 0 Å². The molecule has 0 aliphatic carbocycles. The molecule has 2 aromatic rings. The summed E-state index contributed by atoms with van der Waals surface area (Å²) in [6, 6.07) is 16.9. The summed E-state index contributed by atoms with van der Waals surface area (Å²) in [5, 5.41) is 13.3. The van der Waals surface area contributed by atoms with E-state index in [9.17, 15) is 24.3 Å². The lowest BCUT2D eigenvalue weighted by Gasteiger charge is -2.34. The van der Waals surface area contributed by atoms with Crippen LogP contribution in [-0.2, 0) is 25.6 Å². The molecule has 0 bridgehead atoms. The largest absolute Gasteiger partial charge is 0.475 e. The Morgan fingerprint density at radius 2 is 1.64 bits per heavy atom. The van der Waals surface area contributed by atoms with Gasteiger partial charge in [-0.25, -0.2) is 4.79 Å². The Balaban J connectivity index is 1.82. The van der Waals surface area contributed by atoms with Crippen molar-refractivity contribution in [2.24, 2.45) is 5.92 Å². The van der Waals surface area contributed by atoms with Crippen molar-refractivity contribution < 1.29 is 24.3 Å². The lowest BCUT2D eigenvalue weighted by Crippen LogP contribution is -2.51. The average molecular weight is 467 g/mol. The quantitative estimate of drug-likeness (QED) is 0.551. The van der Waals surface area contributed by atoms with Gasteiger partial charge in [-0.1, -0.05) is 74.5 Å². The van der Waals surface area contributed by atoms with Gasteiger partial charge in [0.1, 0.15) is 12.6 Å². The number of nitrogens with zero attached hydrogens (tertiary/aromatic N) is 1. The number of carbonyl (C=O) groups is 4. The van der Waals surface area contributed by atoms with Crippen molar-refractivity contribution in [1.29, 1.82) is 0 Å². The third kappa shape index (κ3) is 6.10. The highest BCUT2D eigenvalue weighted by molar-refractivity contribution is 8.03. The number of carboxylic acid groups (broad SMARTS) is 1. The van der Waals surface area contributed by atoms with Crippen molar-refractivity contribution in [3.05, 3.63) is 77.2 Å². The van der Waals surface area contributed by atoms with Crippen LogP contribution in [0.5, 0.6) is 0 Å². The first-order chi connectivity index (χ1) is 15.8. The molecular formula is C25H26N2O5S. The average Bonchev–Trinajstić information content (AvgIpc) is 2.80. The van der Waals surface area contributed by atoms with Crippen molar-refractivity contribution in [2.75, 3.05) is 6.54 Å². The van der Waals surface area contributed by atoms with E-state index in [-0.39, 0.29) is 30.0 Å². The number of amides is 2. The molecule has 1 unspecified atom stereocenters. The molecule has 0 aromatic heterocycles. The highest BCUT2D eigenvalue weighted by Gasteiger charge is 2.35. The van der Waals surface area contributed by atoms with Crippen LogP contribution < -0.4 is 5.32 Å². The van der Waals surface area contributed by atoms with E-state index < -0.39 is 23.7 Å². The standard InChI is InChI=1S/C25H26N2O5S/c1-16(2)23-24(30)27(20(15-33-23)18-11-7-4-8-12-18)14-21(28)26-19(22(29)25(31)32)13-17-9-5-3-6-10-17/h3-12,15-16,19,23H,13-14H2,1-2H3,(H,26,28)(H,31,32)/t19-,23?/m0/s1. The molecule has 2 N–H and O–H groups in total. The third-order valence-corrected chi connectivity index (χ3v) is 6.65. The van der Waals surface area contributed by atoms with Gasteiger partial charge in [0.15, 0.2) is 0 Å². The van der Waals surface area contributed by atoms with Crippen molar-refractivity contribution in [2.45, 2.75) is 31.6 Å². The summed E-state index contributed by atoms with van der Waals surface area (Å²) in [5.41, 5.74) is 2.10. The molecule has 172 valence electrons. The lowest BCUT2D eigenvalue weighted by atomic mass is 10.0. The molecule has 2 atom stereocenters. The van der Waals surface area contributed by atoms with Gasteiger partial charge >= 0.3 is 5.97 Å². The van der Waals surface area contributed by atoms with Crippen LogP contribution in [0.4, 0.5) is 0 Å². The van der Waals surface area contributed by atoms with E-state index in [1.54, 1.807) is 30.3 Å². The first kappa shape index (κ1) is 24.3. The van der Waals surface area contributed by atoms with Crippen LogP contribution in [0.15, 0.2) is 66.1 Å². The first-order valence-electron chi connectivity index (χ1n) is 10.6. The zero-order chi connectivity index (χ0) is 24.0. The molecule has 1 aliphatic heterocycles. The minimum absolute atomic E-state index is 0.0392. The number of Topliss-reactive ketones (excluding diaryl/α,β-unsaturated/α-hetero) is 1. The second kappa shape index (κ2) is 11.0. The number of hydrogen-bond donors (Lipinski definition) is 2. The summed E-state index contributed by atoms with van der Waals surface area (Å²) in [4.78, 5) is 51.2. The first-order valence-corrected chi connectivity index (χ1v) is 11.5. The highest BCUT2D eigenvalue weighted by Crippen LogP contribution is 2.35. The Bertz CT molecular complexity index is 1050. The molecule has 3 rings (SSSR count). The normalized spacial score (nSPS) is 16.8. The SMILES string of the molecule is CC(C)C1SC=C(c2ccccc2)N(CC(=O)N[C@@H](Cc2ccccc2)C(=O)C(=O)O)C1=O. The van der Waals surface area contributed by atoms with Gasteiger partial charge < -0.3 is 15.3 Å². The molecule has 7 nitrogen and oxygen atoms in total. The minimum Gasteiger partial charge on any atom is -0.475 e. The predicted octanol–water partition coefficient (Wildman–Crippen LogP) is 2.97. The Labute approximate surface area is 196 Å². The van der Waals surface area contributed by atoms with Gasteiger partial charge in [-0.15, -0.1) is 11.8 Å². The molecule has 0 spiro atoms. The molecular weight excluding hydrogens is 440 g/mol. The number of benzene rings is 2. The summed E-state index contributed by atoms with van der Waals surface area (Å²) < 4.78 is 0. The zero-order valence-electron chi connectivity index (χ0n) is 18.4. The Morgan fingerprint density at radius 3 is 2.21 bits per heavy atom. The van der Waals surface area contributed by atoms with E-state index >= 15 is 0 Å². The number of aliphatic carboxylic acids is 1. The molecule has 33 heavy (non-hydrogen) atoms. The summed E-state index contributed by atoms with van der Waals surface area (Å²) in [6.07, 6.45) is 0.0392. The molecule has 0 saturated heterocycles. The van der Waals surface area contributed by atoms with E-state index in [1.165, 1.54) is 16.7 Å². The summed E-state index contributed by atoms with van der Waals surface area (Å²) >= 11 is 1.42. The summed E-state index contributed by atoms with van der Waals surface area (Å²) in [5.74, 6) is -3.47. The van der Waals surface area contributed by atoms with E-state index in [0.717, 1.165) is 5.56 Å². The number of ketones is 1. The fourth-order valence-electron chi connectivity index (χ4n) is 3.56. The number of thioether (sulfide) groups is 1. The molecule has 0 fully saturated rings. The van der Waals surface area contributed by atoms with Gasteiger partial charge in [-0.2, -0.15) is 0 Å². The molecule has 0 radical (unpaired) electrons. The Kier molecular flexibility index (Phi) is 8.06. The monoisotopic (exact) mass is 466 g/mol. The molecule has 2 aromatic carbocycles. The maximum absolute atomic E-state index is 13.2. The van der Waals surface area contributed by atoms with Gasteiger partial charge in [-0.3, -0.25) is 14.4 Å². The molecule has 2 amide bonds. The van der Waals surface area contributed by atoms with Crippen molar-refractivity contribution in [3.8, 4) is 0 Å². The summed E-state index contributed by atoms with van der Waals surface area (Å²) in [6.45, 7) is 3.56. The summed E-state index contributed by atoms with van der Waals surface area (Å²) in [7, 11) is 0. The second-order valence-corrected chi connectivity index (χ2v) is 9.09. The maximum Gasteiger partial charge on any atom is 0.374 e. The second-order valence-electron chi connectivity index (χ2n) is 8.07. The minimum atomic E-state index is -1.62. The van der Waals surface area contributed by atoms with Crippen molar-refractivity contribution in [1.82, 2.24) is 10.2 Å². The van der Waals surface area contributed by atoms with Crippen LogP contribution in [0.2, 0.25) is 0 Å². The zero-order valence-corrected chi connectivity index (χ0v) is 19.2. The van der Waals surface area contributed by atoms with Crippen LogP contribution in [0, 0.1) is 5.92 Å². The van der Waals surface area contributed by atoms with Gasteiger partial charge in [0, 0.05) is 6.42 Å². The van der Waals surface area contributed by atoms with E-state index in [2.05, 4.69) is 5.32 Å². The van der Waals surface area contributed by atoms with Crippen LogP contribution in [-0.4, -0.2) is 51.4 Å². The highest BCUT2D eigenvalue weighted by atomic mass is 32.2. The van der Waals surface area contributed by atoms with E-state index in [0.29, 0.717) is 11.3 Å². The van der Waals surface area contributed by atoms with Crippen LogP contribution >= 0.6 is 11.8 Å². The Morgan fingerprint density at radius 1 is 1.03 bits per heavy atom. The number of hydrogen-bond acceptors (Lipinski definition) is 5. The number of carbonyl (C=O) groups excluding carboxylic acids is 3. The van der Waals surface area contributed by atoms with E-state index in [4.69, 9.17) is 0 Å². The Hall–Kier alpha value is -3.39. The van der Waals surface area contributed by atoms with Gasteiger partial charge in [-0.05, 0) is 22.5 Å². The van der Waals surface area contributed by atoms with Gasteiger partial charge in [0.25, 0.3) is 5.78 Å².